The highest BCUT2D eigenvalue weighted by Gasteiger charge is 2.44. The van der Waals surface area contributed by atoms with E-state index in [4.69, 9.17) is 14.5 Å². The number of esters is 1. The predicted molar refractivity (Wildman–Crippen MR) is 96.5 cm³/mol. The molecular weight excluding hydrogens is 338 g/mol. The molecule has 1 unspecified atom stereocenters. The van der Waals surface area contributed by atoms with Crippen molar-refractivity contribution in [3.05, 3.63) is 23.5 Å². The van der Waals surface area contributed by atoms with Crippen LogP contribution in [0.25, 0.3) is 0 Å². The van der Waals surface area contributed by atoms with Gasteiger partial charge in [-0.2, -0.15) is 0 Å². The zero-order valence-corrected chi connectivity index (χ0v) is 16.8. The predicted octanol–water partition coefficient (Wildman–Crippen LogP) is 2.61. The van der Waals surface area contributed by atoms with Crippen molar-refractivity contribution >= 4 is 11.9 Å². The Morgan fingerprint density at radius 1 is 1.12 bits per heavy atom. The molecule has 0 aromatic heterocycles. The van der Waals surface area contributed by atoms with Crippen LogP contribution >= 0.6 is 0 Å². The lowest BCUT2D eigenvalue weighted by Crippen LogP contribution is -2.43. The van der Waals surface area contributed by atoms with Gasteiger partial charge in [0.05, 0.1) is 10.8 Å². The number of hydrogen-bond donors (Lipinski definition) is 2. The van der Waals surface area contributed by atoms with Crippen LogP contribution in [0.15, 0.2) is 23.5 Å². The van der Waals surface area contributed by atoms with Crippen LogP contribution in [0.5, 0.6) is 0 Å². The van der Waals surface area contributed by atoms with Crippen LogP contribution in [0, 0.1) is 10.8 Å². The number of nitrogens with one attached hydrogen (secondary N) is 1. The topological polar surface area (TPSA) is 94.1 Å². The van der Waals surface area contributed by atoms with Crippen LogP contribution in [-0.4, -0.2) is 36.4 Å². The second-order valence-corrected chi connectivity index (χ2v) is 8.51. The highest BCUT2D eigenvalue weighted by atomic mass is 17.2. The van der Waals surface area contributed by atoms with Gasteiger partial charge in [0.2, 0.25) is 5.76 Å². The smallest absolute Gasteiger partial charge is 0.360 e. The zero-order chi connectivity index (χ0) is 20.2. The fraction of sp³-hybridized carbons (Fsp3) is 0.684. The number of hydrogen-bond acceptors (Lipinski definition) is 7. The number of carbonyl (C=O) groups is 2. The molecule has 148 valence electrons. The third-order valence-electron chi connectivity index (χ3n) is 3.71. The molecule has 0 aliphatic heterocycles. The minimum absolute atomic E-state index is 0.0371. The summed E-state index contributed by atoms with van der Waals surface area (Å²) < 4.78 is 5.35. The van der Waals surface area contributed by atoms with Gasteiger partial charge in [-0.3, -0.25) is 9.68 Å². The van der Waals surface area contributed by atoms with Crippen molar-refractivity contribution in [2.75, 3.05) is 13.6 Å². The Kier molecular flexibility index (Phi) is 7.02. The number of allylic oxidation sites excluding steroid dienone is 2. The first-order valence-electron chi connectivity index (χ1n) is 8.69. The van der Waals surface area contributed by atoms with Crippen molar-refractivity contribution in [3.8, 4) is 0 Å². The first-order valence-corrected chi connectivity index (χ1v) is 8.69. The summed E-state index contributed by atoms with van der Waals surface area (Å²) >= 11 is 0. The Hall–Kier alpha value is -1.86. The van der Waals surface area contributed by atoms with Gasteiger partial charge >= 0.3 is 11.9 Å². The molecule has 0 saturated heterocycles. The first-order chi connectivity index (χ1) is 11.8. The fourth-order valence-electron chi connectivity index (χ4n) is 1.93. The lowest BCUT2D eigenvalue weighted by molar-refractivity contribution is -0.293. The molecule has 0 heterocycles. The van der Waals surface area contributed by atoms with E-state index in [-0.39, 0.29) is 12.2 Å². The molecule has 0 fully saturated rings. The average molecular weight is 369 g/mol. The van der Waals surface area contributed by atoms with Gasteiger partial charge < -0.3 is 15.2 Å². The van der Waals surface area contributed by atoms with Crippen molar-refractivity contribution in [3.63, 3.8) is 0 Å². The molecule has 7 heteroatoms. The number of rotatable bonds is 6. The van der Waals surface area contributed by atoms with Crippen LogP contribution in [0.3, 0.4) is 0 Å². The summed E-state index contributed by atoms with van der Waals surface area (Å²) in [7, 11) is 1.82. The van der Waals surface area contributed by atoms with E-state index in [0.29, 0.717) is 13.0 Å². The molecule has 0 radical (unpaired) electrons. The maximum atomic E-state index is 12.3. The van der Waals surface area contributed by atoms with E-state index in [9.17, 15) is 14.7 Å². The molecule has 1 atom stereocenters. The monoisotopic (exact) mass is 369 g/mol. The lowest BCUT2D eigenvalue weighted by atomic mass is 9.93. The largest absolute Gasteiger partial charge is 0.424 e. The van der Waals surface area contributed by atoms with Crippen molar-refractivity contribution in [1.29, 1.82) is 0 Å². The van der Waals surface area contributed by atoms with Gasteiger partial charge in [0.25, 0.3) is 5.79 Å². The second kappa shape index (κ2) is 8.22. The van der Waals surface area contributed by atoms with E-state index < -0.39 is 28.6 Å². The molecule has 7 nitrogen and oxygen atoms in total. The van der Waals surface area contributed by atoms with Crippen LogP contribution in [0.4, 0.5) is 0 Å². The van der Waals surface area contributed by atoms with Gasteiger partial charge in [-0.25, -0.2) is 9.68 Å². The number of carbonyl (C=O) groups excluding carboxylic acids is 2. The van der Waals surface area contributed by atoms with Crippen molar-refractivity contribution in [2.24, 2.45) is 10.8 Å². The highest BCUT2D eigenvalue weighted by Crippen LogP contribution is 2.35. The number of ether oxygens (including phenoxy) is 1. The summed E-state index contributed by atoms with van der Waals surface area (Å²) in [6, 6.07) is 0. The molecule has 26 heavy (non-hydrogen) atoms. The summed E-state index contributed by atoms with van der Waals surface area (Å²) in [5.74, 6) is -3.36. The Morgan fingerprint density at radius 3 is 2.19 bits per heavy atom. The Balaban J connectivity index is 3.01. The van der Waals surface area contributed by atoms with Crippen molar-refractivity contribution in [1.82, 2.24) is 5.32 Å². The van der Waals surface area contributed by atoms with Gasteiger partial charge in [-0.15, -0.1) is 0 Å². The maximum Gasteiger partial charge on any atom is 0.360 e. The van der Waals surface area contributed by atoms with Gasteiger partial charge in [0.1, 0.15) is 0 Å². The standard InChI is InChI=1S/C19H31NO6/c1-17(2,3)15(21)24-19(23)12-13(10-11-20-7)8-9-14(19)25-26-16(22)18(4,5)6/h8-9,20,23H,10-12H2,1-7H3. The normalized spacial score (nSPS) is 20.8. The van der Waals surface area contributed by atoms with E-state index in [0.717, 1.165) is 5.57 Å². The Labute approximate surface area is 155 Å². The summed E-state index contributed by atoms with van der Waals surface area (Å²) in [5.41, 5.74) is -0.712. The summed E-state index contributed by atoms with van der Waals surface area (Å²) in [6.45, 7) is 10.8. The molecular formula is C19H31NO6. The van der Waals surface area contributed by atoms with E-state index in [1.807, 2.05) is 7.05 Å². The first kappa shape index (κ1) is 22.2. The maximum absolute atomic E-state index is 12.3. The summed E-state index contributed by atoms with van der Waals surface area (Å²) in [6.07, 6.45) is 3.92. The van der Waals surface area contributed by atoms with Crippen LogP contribution in [0.2, 0.25) is 0 Å². The van der Waals surface area contributed by atoms with E-state index in [2.05, 4.69) is 5.32 Å². The SMILES string of the molecule is CNCCC1=CC=C(OOC(=O)C(C)(C)C)C(O)(OC(=O)C(C)(C)C)C1. The Morgan fingerprint density at radius 2 is 1.69 bits per heavy atom. The zero-order valence-electron chi connectivity index (χ0n) is 16.8. The van der Waals surface area contributed by atoms with Gasteiger partial charge in [0.15, 0.2) is 0 Å². The minimum atomic E-state index is -2.03. The molecule has 1 aliphatic rings. The molecule has 2 N–H and O–H groups in total. The summed E-state index contributed by atoms with van der Waals surface area (Å²) in [4.78, 5) is 34.1. The van der Waals surface area contributed by atoms with E-state index in [1.165, 1.54) is 6.08 Å². The van der Waals surface area contributed by atoms with Crippen LogP contribution in [0.1, 0.15) is 54.4 Å². The fourth-order valence-corrected chi connectivity index (χ4v) is 1.93. The quantitative estimate of drug-likeness (QED) is 0.322. The second-order valence-electron chi connectivity index (χ2n) is 8.51. The molecule has 1 aliphatic carbocycles. The number of aliphatic hydroxyl groups is 1. The van der Waals surface area contributed by atoms with Gasteiger partial charge in [-0.1, -0.05) is 11.6 Å². The molecule has 1 rings (SSSR count). The third kappa shape index (κ3) is 6.14. The highest BCUT2D eigenvalue weighted by molar-refractivity contribution is 5.76. The van der Waals surface area contributed by atoms with Crippen molar-refractivity contribution < 1.29 is 29.2 Å². The molecule has 0 bridgehead atoms. The van der Waals surface area contributed by atoms with Crippen LogP contribution < -0.4 is 5.32 Å². The summed E-state index contributed by atoms with van der Waals surface area (Å²) in [5, 5.41) is 14.0. The molecule has 0 amide bonds. The Bertz CT molecular complexity index is 594. The molecule has 0 aromatic carbocycles. The molecule has 0 saturated carbocycles. The lowest BCUT2D eigenvalue weighted by Gasteiger charge is -2.34. The third-order valence-corrected chi connectivity index (χ3v) is 3.71. The molecule has 0 spiro atoms. The van der Waals surface area contributed by atoms with E-state index in [1.54, 1.807) is 47.6 Å². The van der Waals surface area contributed by atoms with E-state index >= 15 is 0 Å². The van der Waals surface area contributed by atoms with Crippen molar-refractivity contribution in [2.45, 2.75) is 60.2 Å². The molecule has 0 aromatic rings. The van der Waals surface area contributed by atoms with Gasteiger partial charge in [0, 0.05) is 6.42 Å². The average Bonchev–Trinajstić information content (AvgIpc) is 2.49. The van der Waals surface area contributed by atoms with Gasteiger partial charge in [-0.05, 0) is 67.6 Å². The van der Waals surface area contributed by atoms with Crippen LogP contribution in [-0.2, 0) is 24.1 Å². The minimum Gasteiger partial charge on any atom is -0.424 e.